The molecule has 6 N–H and O–H groups in total. The third kappa shape index (κ3) is 4.49. The highest BCUT2D eigenvalue weighted by Crippen LogP contribution is 2.00. The van der Waals surface area contributed by atoms with Gasteiger partial charge in [-0.2, -0.15) is 0 Å². The summed E-state index contributed by atoms with van der Waals surface area (Å²) in [5.74, 6) is -0.378. The molecule has 0 aliphatic rings. The van der Waals surface area contributed by atoms with Crippen molar-refractivity contribution in [3.63, 3.8) is 0 Å². The lowest BCUT2D eigenvalue weighted by Crippen LogP contribution is -2.40. The van der Waals surface area contributed by atoms with Crippen LogP contribution in [0.4, 0.5) is 8.78 Å². The predicted octanol–water partition coefficient (Wildman–Crippen LogP) is -0.896. The van der Waals surface area contributed by atoms with Crippen LogP contribution < -0.4 is 16.8 Å². The van der Waals surface area contributed by atoms with Crippen LogP contribution in [0.3, 0.4) is 0 Å². The molecule has 0 fully saturated rings. The minimum Gasteiger partial charge on any atom is -0.370 e. The van der Waals surface area contributed by atoms with Gasteiger partial charge in [-0.25, -0.2) is 8.78 Å². The smallest absolute Gasteiger partial charge is 0.185 e. The van der Waals surface area contributed by atoms with E-state index in [4.69, 9.17) is 16.9 Å². The van der Waals surface area contributed by atoms with Gasteiger partial charge in [0.15, 0.2) is 5.96 Å². The molecule has 11 heavy (non-hydrogen) atoms. The minimum atomic E-state index is -1.70. The van der Waals surface area contributed by atoms with Crippen LogP contribution in [0.5, 0.6) is 0 Å². The first-order valence-corrected chi connectivity index (χ1v) is 3.14. The van der Waals surface area contributed by atoms with Crippen LogP contribution in [0.25, 0.3) is 0 Å². The summed E-state index contributed by atoms with van der Waals surface area (Å²) in [5.41, 5.74) is 9.69. The van der Waals surface area contributed by atoms with Gasteiger partial charge in [0.05, 0.1) is 6.54 Å². The van der Waals surface area contributed by atoms with E-state index in [0.29, 0.717) is 0 Å². The zero-order valence-electron chi connectivity index (χ0n) is 5.98. The Morgan fingerprint density at radius 2 is 2.00 bits per heavy atom. The van der Waals surface area contributed by atoms with E-state index in [2.05, 4.69) is 5.32 Å². The predicted molar refractivity (Wildman–Crippen MR) is 38.8 cm³/mol. The second-order valence-corrected chi connectivity index (χ2v) is 2.06. The number of rotatable bonds is 4. The molecule has 0 aliphatic heterocycles. The zero-order chi connectivity index (χ0) is 8.85. The van der Waals surface area contributed by atoms with Crippen LogP contribution in [0, 0.1) is 5.41 Å². The Morgan fingerprint density at radius 1 is 1.45 bits per heavy atom. The number of halogens is 2. The Morgan fingerprint density at radius 3 is 2.36 bits per heavy atom. The SMILES string of the molecule is N=C(N)NCC(F)C(F)CN. The molecule has 0 bridgehead atoms. The van der Waals surface area contributed by atoms with Gasteiger partial charge in [-0.1, -0.05) is 0 Å². The lowest BCUT2D eigenvalue weighted by molar-refractivity contribution is 0.174. The van der Waals surface area contributed by atoms with E-state index in [-0.39, 0.29) is 19.0 Å². The van der Waals surface area contributed by atoms with E-state index in [0.717, 1.165) is 0 Å². The van der Waals surface area contributed by atoms with E-state index in [1.165, 1.54) is 0 Å². The van der Waals surface area contributed by atoms with Crippen molar-refractivity contribution in [2.45, 2.75) is 12.3 Å². The molecule has 0 amide bonds. The summed E-state index contributed by atoms with van der Waals surface area (Å²) in [6.07, 6.45) is -3.40. The summed E-state index contributed by atoms with van der Waals surface area (Å²) in [7, 11) is 0. The molecule has 0 radical (unpaired) electrons. The highest BCUT2D eigenvalue weighted by Gasteiger charge is 2.17. The summed E-state index contributed by atoms with van der Waals surface area (Å²) in [6.45, 7) is -0.672. The maximum atomic E-state index is 12.5. The first-order valence-electron chi connectivity index (χ1n) is 3.14. The second kappa shape index (κ2) is 4.84. The largest absolute Gasteiger partial charge is 0.370 e. The van der Waals surface area contributed by atoms with Crippen LogP contribution >= 0.6 is 0 Å². The van der Waals surface area contributed by atoms with Gasteiger partial charge in [-0.3, -0.25) is 5.41 Å². The zero-order valence-corrected chi connectivity index (χ0v) is 5.98. The van der Waals surface area contributed by atoms with Crippen molar-refractivity contribution in [1.29, 1.82) is 5.41 Å². The average molecular weight is 166 g/mol. The maximum absolute atomic E-state index is 12.5. The Bertz CT molecular complexity index is 130. The number of nitrogens with one attached hydrogen (secondary N) is 2. The lowest BCUT2D eigenvalue weighted by atomic mass is 10.2. The highest BCUT2D eigenvalue weighted by atomic mass is 19.2. The number of nitrogens with two attached hydrogens (primary N) is 2. The van der Waals surface area contributed by atoms with Gasteiger partial charge in [0.2, 0.25) is 0 Å². The number of hydrogen-bond donors (Lipinski definition) is 4. The third-order valence-electron chi connectivity index (χ3n) is 1.11. The summed E-state index contributed by atoms with van der Waals surface area (Å²) < 4.78 is 24.8. The number of guanidine groups is 1. The molecule has 4 nitrogen and oxygen atoms in total. The molecule has 0 aromatic rings. The van der Waals surface area contributed by atoms with Crippen molar-refractivity contribution in [2.75, 3.05) is 13.1 Å². The standard InChI is InChI=1S/C5H12F2N4/c6-3(1-8)4(7)2-11-5(9)10/h3-4H,1-2,8H2,(H4,9,10,11). The maximum Gasteiger partial charge on any atom is 0.185 e. The van der Waals surface area contributed by atoms with Crippen molar-refractivity contribution in [3.8, 4) is 0 Å². The van der Waals surface area contributed by atoms with Gasteiger partial charge in [0, 0.05) is 6.54 Å². The average Bonchev–Trinajstić information content (AvgIpc) is 1.98. The first-order chi connectivity index (χ1) is 5.07. The molecule has 0 aliphatic carbocycles. The molecule has 6 heteroatoms. The van der Waals surface area contributed by atoms with Crippen molar-refractivity contribution >= 4 is 5.96 Å². The van der Waals surface area contributed by atoms with Crippen LogP contribution in [0.15, 0.2) is 0 Å². The van der Waals surface area contributed by atoms with Gasteiger partial charge in [0.25, 0.3) is 0 Å². The topological polar surface area (TPSA) is 87.9 Å². The monoisotopic (exact) mass is 166 g/mol. The Labute approximate surface area is 63.4 Å². The number of alkyl halides is 2. The highest BCUT2D eigenvalue weighted by molar-refractivity contribution is 5.74. The van der Waals surface area contributed by atoms with Gasteiger partial charge in [-0.05, 0) is 0 Å². The van der Waals surface area contributed by atoms with E-state index in [1.807, 2.05) is 0 Å². The van der Waals surface area contributed by atoms with E-state index in [1.54, 1.807) is 0 Å². The molecule has 2 unspecified atom stereocenters. The molecule has 0 saturated heterocycles. The third-order valence-corrected chi connectivity index (χ3v) is 1.11. The molecule has 0 saturated carbocycles. The van der Waals surface area contributed by atoms with Crippen molar-refractivity contribution in [1.82, 2.24) is 5.32 Å². The van der Waals surface area contributed by atoms with E-state index < -0.39 is 12.3 Å². The molecule has 0 aromatic carbocycles. The minimum absolute atomic E-state index is 0.312. The van der Waals surface area contributed by atoms with Gasteiger partial charge in [0.1, 0.15) is 12.3 Å². The molecule has 0 rings (SSSR count). The van der Waals surface area contributed by atoms with E-state index in [9.17, 15) is 8.78 Å². The summed E-state index contributed by atoms with van der Waals surface area (Å²) in [5, 5.41) is 8.78. The van der Waals surface area contributed by atoms with Gasteiger partial charge < -0.3 is 16.8 Å². The fourth-order valence-corrected chi connectivity index (χ4v) is 0.483. The van der Waals surface area contributed by atoms with Crippen molar-refractivity contribution < 1.29 is 8.78 Å². The fourth-order valence-electron chi connectivity index (χ4n) is 0.483. The summed E-state index contributed by atoms with van der Waals surface area (Å²) in [4.78, 5) is 0. The van der Waals surface area contributed by atoms with Crippen molar-refractivity contribution in [2.24, 2.45) is 11.5 Å². The molecular formula is C5H12F2N4. The summed E-state index contributed by atoms with van der Waals surface area (Å²) in [6, 6.07) is 0. The van der Waals surface area contributed by atoms with Gasteiger partial charge >= 0.3 is 0 Å². The van der Waals surface area contributed by atoms with Crippen LogP contribution in [0.1, 0.15) is 0 Å². The molecule has 2 atom stereocenters. The second-order valence-electron chi connectivity index (χ2n) is 2.06. The Kier molecular flexibility index (Phi) is 4.44. The quantitative estimate of drug-likeness (QED) is 0.322. The van der Waals surface area contributed by atoms with Crippen LogP contribution in [-0.2, 0) is 0 Å². The lowest BCUT2D eigenvalue weighted by Gasteiger charge is -2.11. The number of hydrogen-bond acceptors (Lipinski definition) is 2. The molecule has 0 aromatic heterocycles. The molecule has 0 heterocycles. The Balaban J connectivity index is 3.51. The molecule has 0 spiro atoms. The molecular weight excluding hydrogens is 154 g/mol. The van der Waals surface area contributed by atoms with Crippen molar-refractivity contribution in [3.05, 3.63) is 0 Å². The van der Waals surface area contributed by atoms with Crippen LogP contribution in [-0.4, -0.2) is 31.4 Å². The Hall–Kier alpha value is -0.910. The van der Waals surface area contributed by atoms with E-state index >= 15 is 0 Å². The normalized spacial score (nSPS) is 15.5. The first kappa shape index (κ1) is 10.1. The summed E-state index contributed by atoms with van der Waals surface area (Å²) >= 11 is 0. The fraction of sp³-hybridized carbons (Fsp3) is 0.800. The molecule has 66 valence electrons. The van der Waals surface area contributed by atoms with Gasteiger partial charge in [-0.15, -0.1) is 0 Å². The van der Waals surface area contributed by atoms with Crippen LogP contribution in [0.2, 0.25) is 0 Å².